The molecule has 4 rings (SSSR count). The van der Waals surface area contributed by atoms with Crippen LogP contribution < -0.4 is 10.3 Å². The van der Waals surface area contributed by atoms with Crippen molar-refractivity contribution in [2.45, 2.75) is 6.18 Å². The maximum atomic E-state index is 12.7. The smallest absolute Gasteiger partial charge is 0.417 e. The number of nitrogens with zero attached hydrogens (tertiary/aromatic N) is 6. The van der Waals surface area contributed by atoms with Gasteiger partial charge in [-0.25, -0.2) is 9.67 Å². The van der Waals surface area contributed by atoms with Crippen molar-refractivity contribution in [3.63, 3.8) is 0 Å². The summed E-state index contributed by atoms with van der Waals surface area (Å²) in [5.74, 6) is 0.215. The average Bonchev–Trinajstić information content (AvgIpc) is 3.26. The average molecular weight is 435 g/mol. The molecular formula is C18H10ClF3N6O2. The minimum atomic E-state index is -4.54. The molecule has 0 atom stereocenters. The van der Waals surface area contributed by atoms with E-state index in [9.17, 15) is 18.0 Å². The molecule has 0 aliphatic rings. The fourth-order valence-corrected chi connectivity index (χ4v) is 2.66. The molecule has 4 aromatic rings. The molecule has 0 fully saturated rings. The summed E-state index contributed by atoms with van der Waals surface area (Å²) >= 11 is 6.11. The summed E-state index contributed by atoms with van der Waals surface area (Å²) in [5.41, 5.74) is -1.08. The Balaban J connectivity index is 1.62. The van der Waals surface area contributed by atoms with E-state index in [4.69, 9.17) is 16.3 Å². The van der Waals surface area contributed by atoms with Gasteiger partial charge in [-0.2, -0.15) is 23.0 Å². The third-order valence-corrected chi connectivity index (χ3v) is 4.26. The predicted molar refractivity (Wildman–Crippen MR) is 99.1 cm³/mol. The van der Waals surface area contributed by atoms with Crippen LogP contribution in [0.2, 0.25) is 5.02 Å². The van der Waals surface area contributed by atoms with Crippen molar-refractivity contribution in [2.75, 3.05) is 0 Å². The second kappa shape index (κ2) is 7.59. The van der Waals surface area contributed by atoms with E-state index in [0.29, 0.717) is 17.6 Å². The molecule has 3 aromatic heterocycles. The number of hydrogen-bond donors (Lipinski definition) is 0. The van der Waals surface area contributed by atoms with Crippen molar-refractivity contribution in [3.05, 3.63) is 82.1 Å². The summed E-state index contributed by atoms with van der Waals surface area (Å²) in [6, 6.07) is 8.59. The molecule has 12 heteroatoms. The van der Waals surface area contributed by atoms with Crippen LogP contribution in [0.1, 0.15) is 5.56 Å². The lowest BCUT2D eigenvalue weighted by molar-refractivity contribution is -0.137. The van der Waals surface area contributed by atoms with Crippen LogP contribution in [-0.2, 0) is 6.18 Å². The first kappa shape index (κ1) is 19.6. The Morgan fingerprint density at radius 2 is 1.93 bits per heavy atom. The molecular weight excluding hydrogens is 425 g/mol. The van der Waals surface area contributed by atoms with E-state index in [1.807, 2.05) is 0 Å². The lowest BCUT2D eigenvalue weighted by Gasteiger charge is -2.11. The van der Waals surface area contributed by atoms with Gasteiger partial charge >= 0.3 is 6.18 Å². The molecule has 30 heavy (non-hydrogen) atoms. The highest BCUT2D eigenvalue weighted by atomic mass is 35.5. The van der Waals surface area contributed by atoms with Gasteiger partial charge in [-0.3, -0.25) is 4.79 Å². The monoisotopic (exact) mass is 434 g/mol. The van der Waals surface area contributed by atoms with E-state index in [0.717, 1.165) is 16.8 Å². The molecule has 0 bridgehead atoms. The Kier molecular flexibility index (Phi) is 4.96. The van der Waals surface area contributed by atoms with Gasteiger partial charge in [0.05, 0.1) is 29.8 Å². The Bertz CT molecular complexity index is 1240. The van der Waals surface area contributed by atoms with Crippen molar-refractivity contribution in [2.24, 2.45) is 0 Å². The summed E-state index contributed by atoms with van der Waals surface area (Å²) in [6.45, 7) is 0. The van der Waals surface area contributed by atoms with Crippen molar-refractivity contribution in [3.8, 4) is 23.0 Å². The Morgan fingerprint density at radius 3 is 2.60 bits per heavy atom. The Labute approximate surface area is 171 Å². The second-order valence-electron chi connectivity index (χ2n) is 5.89. The molecule has 0 saturated heterocycles. The summed E-state index contributed by atoms with van der Waals surface area (Å²) in [5, 5.41) is 11.2. The SMILES string of the molecule is O=c1c(Cl)c(Oc2cccc(-n3ccnn3)c2)cnn1-c1ccc(C(F)(F)F)cn1. The Hall–Kier alpha value is -3.73. The first-order valence-electron chi connectivity index (χ1n) is 8.29. The van der Waals surface area contributed by atoms with Crippen molar-refractivity contribution in [1.29, 1.82) is 0 Å². The number of ether oxygens (including phenoxy) is 1. The fourth-order valence-electron chi connectivity index (χ4n) is 2.49. The lowest BCUT2D eigenvalue weighted by Crippen LogP contribution is -2.23. The fraction of sp³-hybridized carbons (Fsp3) is 0.0556. The minimum Gasteiger partial charge on any atom is -0.454 e. The number of hydrogen-bond acceptors (Lipinski definition) is 6. The standard InChI is InChI=1S/C18H10ClF3N6O2/c19-16-14(30-13-3-1-2-12(8-13)27-7-6-24-26-27)10-25-28(17(16)29)15-5-4-11(9-23-15)18(20,21)22/h1-10H. The number of halogens is 4. The minimum absolute atomic E-state index is 0.0273. The van der Waals surface area contributed by atoms with Crippen molar-refractivity contribution >= 4 is 11.6 Å². The maximum Gasteiger partial charge on any atom is 0.417 e. The molecule has 0 amide bonds. The van der Waals surface area contributed by atoms with Gasteiger partial charge in [0.25, 0.3) is 5.56 Å². The second-order valence-corrected chi connectivity index (χ2v) is 6.27. The largest absolute Gasteiger partial charge is 0.454 e. The first-order chi connectivity index (χ1) is 14.3. The van der Waals surface area contributed by atoms with E-state index in [1.54, 1.807) is 30.5 Å². The van der Waals surface area contributed by atoms with Crippen LogP contribution in [0.3, 0.4) is 0 Å². The molecule has 1 aromatic carbocycles. The van der Waals surface area contributed by atoms with Crippen LogP contribution in [0.4, 0.5) is 13.2 Å². The molecule has 8 nitrogen and oxygen atoms in total. The zero-order chi connectivity index (χ0) is 21.3. The van der Waals surface area contributed by atoms with E-state index < -0.39 is 17.3 Å². The molecule has 0 unspecified atom stereocenters. The lowest BCUT2D eigenvalue weighted by atomic mass is 10.3. The van der Waals surface area contributed by atoms with E-state index >= 15 is 0 Å². The van der Waals surface area contributed by atoms with Crippen molar-refractivity contribution in [1.82, 2.24) is 29.8 Å². The number of pyridine rings is 1. The topological polar surface area (TPSA) is 87.7 Å². The van der Waals surface area contributed by atoms with Gasteiger partial charge < -0.3 is 4.74 Å². The van der Waals surface area contributed by atoms with Crippen LogP contribution in [-0.4, -0.2) is 29.8 Å². The van der Waals surface area contributed by atoms with Crippen LogP contribution in [0.5, 0.6) is 11.5 Å². The van der Waals surface area contributed by atoms with Crippen molar-refractivity contribution < 1.29 is 17.9 Å². The van der Waals surface area contributed by atoms with Gasteiger partial charge in [-0.15, -0.1) is 5.10 Å². The molecule has 0 radical (unpaired) electrons. The van der Waals surface area contributed by atoms with Gasteiger partial charge in [-0.05, 0) is 24.3 Å². The summed E-state index contributed by atoms with van der Waals surface area (Å²) in [6.07, 6.45) is 0.401. The van der Waals surface area contributed by atoms with Crippen LogP contribution in [0.15, 0.2) is 66.0 Å². The van der Waals surface area contributed by atoms with Gasteiger partial charge in [0.1, 0.15) is 5.75 Å². The molecule has 3 heterocycles. The predicted octanol–water partition coefficient (Wildman–Crippen LogP) is 3.67. The summed E-state index contributed by atoms with van der Waals surface area (Å²) < 4.78 is 46.0. The van der Waals surface area contributed by atoms with E-state index in [1.165, 1.54) is 17.1 Å². The molecule has 152 valence electrons. The zero-order valence-corrected chi connectivity index (χ0v) is 15.5. The number of alkyl halides is 3. The number of aromatic nitrogens is 6. The molecule has 0 saturated carbocycles. The normalized spacial score (nSPS) is 11.5. The van der Waals surface area contributed by atoms with Crippen LogP contribution in [0.25, 0.3) is 11.5 Å². The highest BCUT2D eigenvalue weighted by Crippen LogP contribution is 2.29. The van der Waals surface area contributed by atoms with Gasteiger partial charge in [-0.1, -0.05) is 22.9 Å². The number of rotatable bonds is 4. The highest BCUT2D eigenvalue weighted by molar-refractivity contribution is 6.31. The van der Waals surface area contributed by atoms with Gasteiger partial charge in [0.15, 0.2) is 16.6 Å². The summed E-state index contributed by atoms with van der Waals surface area (Å²) in [4.78, 5) is 16.2. The molecule has 0 N–H and O–H groups in total. The van der Waals surface area contributed by atoms with Gasteiger partial charge in [0.2, 0.25) is 0 Å². The third-order valence-electron chi connectivity index (χ3n) is 3.91. The maximum absolute atomic E-state index is 12.7. The zero-order valence-electron chi connectivity index (χ0n) is 14.8. The van der Waals surface area contributed by atoms with Crippen LogP contribution in [0, 0.1) is 0 Å². The Morgan fingerprint density at radius 1 is 1.10 bits per heavy atom. The van der Waals surface area contributed by atoms with Gasteiger partial charge in [0, 0.05) is 12.3 Å². The quantitative estimate of drug-likeness (QED) is 0.487. The molecule has 0 aliphatic carbocycles. The first-order valence-corrected chi connectivity index (χ1v) is 8.67. The molecule has 0 aliphatic heterocycles. The van der Waals surface area contributed by atoms with Crippen LogP contribution >= 0.6 is 11.6 Å². The molecule has 0 spiro atoms. The number of benzene rings is 1. The third kappa shape index (κ3) is 3.87. The van der Waals surface area contributed by atoms with E-state index in [2.05, 4.69) is 20.4 Å². The van der Waals surface area contributed by atoms with E-state index in [-0.39, 0.29) is 16.6 Å². The highest BCUT2D eigenvalue weighted by Gasteiger charge is 2.30. The summed E-state index contributed by atoms with van der Waals surface area (Å²) in [7, 11) is 0.